The summed E-state index contributed by atoms with van der Waals surface area (Å²) in [6, 6.07) is 3.92. The van der Waals surface area contributed by atoms with Crippen LogP contribution in [0.5, 0.6) is 0 Å². The number of rotatable bonds is 4. The minimum absolute atomic E-state index is 0.0827. The molecule has 0 saturated heterocycles. The van der Waals surface area contributed by atoms with Crippen LogP contribution in [0, 0.1) is 0 Å². The summed E-state index contributed by atoms with van der Waals surface area (Å²) in [5.74, 6) is 0. The quantitative estimate of drug-likeness (QED) is 0.780. The van der Waals surface area contributed by atoms with E-state index in [1.807, 2.05) is 12.1 Å². The van der Waals surface area contributed by atoms with Gasteiger partial charge in [0.25, 0.3) is 0 Å². The summed E-state index contributed by atoms with van der Waals surface area (Å²) in [7, 11) is 1.75. The monoisotopic (exact) mass is 218 g/mol. The lowest BCUT2D eigenvalue weighted by Gasteiger charge is -2.04. The fourth-order valence-corrected chi connectivity index (χ4v) is 1.47. The van der Waals surface area contributed by atoms with Crippen LogP contribution in [0.1, 0.15) is 11.3 Å². The molecule has 0 fully saturated rings. The summed E-state index contributed by atoms with van der Waals surface area (Å²) in [6.07, 6.45) is 5.26. The summed E-state index contributed by atoms with van der Waals surface area (Å²) in [4.78, 5) is 17.7. The van der Waals surface area contributed by atoms with E-state index in [-0.39, 0.29) is 5.69 Å². The maximum absolute atomic E-state index is 11.1. The Morgan fingerprint density at radius 2 is 2.12 bits per heavy atom. The van der Waals surface area contributed by atoms with E-state index in [0.717, 1.165) is 12.2 Å². The maximum Gasteiger partial charge on any atom is 0.325 e. The van der Waals surface area contributed by atoms with Crippen molar-refractivity contribution in [2.24, 2.45) is 7.05 Å². The zero-order valence-electron chi connectivity index (χ0n) is 9.10. The van der Waals surface area contributed by atoms with E-state index >= 15 is 0 Å². The lowest BCUT2D eigenvalue weighted by atomic mass is 10.3. The summed E-state index contributed by atoms with van der Waals surface area (Å²) in [5, 5.41) is 3.26. The van der Waals surface area contributed by atoms with Gasteiger partial charge in [-0.25, -0.2) is 4.79 Å². The minimum Gasteiger partial charge on any atom is -0.312 e. The Kier molecular flexibility index (Phi) is 3.16. The van der Waals surface area contributed by atoms with Crippen molar-refractivity contribution in [3.8, 4) is 0 Å². The molecule has 16 heavy (non-hydrogen) atoms. The molecule has 2 heterocycles. The molecular formula is C11H14N4O. The highest BCUT2D eigenvalue weighted by atomic mass is 16.1. The van der Waals surface area contributed by atoms with Crippen molar-refractivity contribution in [3.63, 3.8) is 0 Å². The zero-order valence-corrected chi connectivity index (χ0v) is 9.10. The number of aromatic nitrogens is 3. The molecule has 2 rings (SSSR count). The van der Waals surface area contributed by atoms with Crippen LogP contribution >= 0.6 is 0 Å². The number of imidazole rings is 1. The Labute approximate surface area is 93.2 Å². The lowest BCUT2D eigenvalue weighted by molar-refractivity contribution is 0.649. The molecule has 0 radical (unpaired) electrons. The predicted molar refractivity (Wildman–Crippen MR) is 60.8 cm³/mol. The summed E-state index contributed by atoms with van der Waals surface area (Å²) < 4.78 is 1.60. The number of hydrogen-bond donors (Lipinski definition) is 2. The molecule has 5 nitrogen and oxygen atoms in total. The van der Waals surface area contributed by atoms with E-state index in [1.165, 1.54) is 5.56 Å². The van der Waals surface area contributed by atoms with Crippen LogP contribution in [0.4, 0.5) is 0 Å². The molecule has 0 aliphatic carbocycles. The SMILES string of the molecule is Cn1c(CNCc2ccncc2)c[nH]c1=O. The van der Waals surface area contributed by atoms with Crippen LogP contribution < -0.4 is 11.0 Å². The number of aromatic amines is 1. The van der Waals surface area contributed by atoms with Crippen molar-refractivity contribution in [1.29, 1.82) is 0 Å². The third-order valence-electron chi connectivity index (χ3n) is 2.48. The Balaban J connectivity index is 1.89. The third-order valence-corrected chi connectivity index (χ3v) is 2.48. The molecule has 0 bridgehead atoms. The molecule has 0 aromatic carbocycles. The number of nitrogens with zero attached hydrogens (tertiary/aromatic N) is 2. The highest BCUT2D eigenvalue weighted by Crippen LogP contribution is 1.97. The third kappa shape index (κ3) is 2.38. The van der Waals surface area contributed by atoms with Crippen LogP contribution in [0.3, 0.4) is 0 Å². The van der Waals surface area contributed by atoms with Crippen molar-refractivity contribution in [2.45, 2.75) is 13.1 Å². The van der Waals surface area contributed by atoms with Crippen LogP contribution in [0.25, 0.3) is 0 Å². The Morgan fingerprint density at radius 1 is 1.38 bits per heavy atom. The van der Waals surface area contributed by atoms with E-state index in [1.54, 1.807) is 30.2 Å². The van der Waals surface area contributed by atoms with E-state index in [9.17, 15) is 4.79 Å². The van der Waals surface area contributed by atoms with E-state index in [2.05, 4.69) is 15.3 Å². The van der Waals surface area contributed by atoms with Gasteiger partial charge >= 0.3 is 5.69 Å². The second-order valence-corrected chi connectivity index (χ2v) is 3.60. The second-order valence-electron chi connectivity index (χ2n) is 3.60. The molecule has 0 spiro atoms. The molecule has 0 amide bonds. The molecule has 0 aliphatic rings. The van der Waals surface area contributed by atoms with Crippen molar-refractivity contribution < 1.29 is 0 Å². The molecule has 0 atom stereocenters. The number of pyridine rings is 1. The summed E-state index contributed by atoms with van der Waals surface area (Å²) >= 11 is 0. The first-order valence-corrected chi connectivity index (χ1v) is 5.10. The van der Waals surface area contributed by atoms with Gasteiger partial charge in [0.2, 0.25) is 0 Å². The van der Waals surface area contributed by atoms with Gasteiger partial charge in [0, 0.05) is 38.7 Å². The van der Waals surface area contributed by atoms with Gasteiger partial charge in [0.15, 0.2) is 0 Å². The predicted octanol–water partition coefficient (Wildman–Crippen LogP) is 0.398. The van der Waals surface area contributed by atoms with E-state index in [0.29, 0.717) is 6.54 Å². The van der Waals surface area contributed by atoms with Gasteiger partial charge in [-0.1, -0.05) is 0 Å². The van der Waals surface area contributed by atoms with Gasteiger partial charge in [0.1, 0.15) is 0 Å². The van der Waals surface area contributed by atoms with Gasteiger partial charge in [-0.3, -0.25) is 9.55 Å². The fraction of sp³-hybridized carbons (Fsp3) is 0.273. The van der Waals surface area contributed by atoms with Crippen LogP contribution in [0.15, 0.2) is 35.5 Å². The molecule has 2 aromatic heterocycles. The molecule has 2 aromatic rings. The van der Waals surface area contributed by atoms with Crippen molar-refractivity contribution >= 4 is 0 Å². The van der Waals surface area contributed by atoms with Gasteiger partial charge < -0.3 is 10.3 Å². The maximum atomic E-state index is 11.1. The smallest absolute Gasteiger partial charge is 0.312 e. The Morgan fingerprint density at radius 3 is 2.75 bits per heavy atom. The molecule has 2 N–H and O–H groups in total. The molecule has 0 unspecified atom stereocenters. The molecular weight excluding hydrogens is 204 g/mol. The number of nitrogens with one attached hydrogen (secondary N) is 2. The fourth-order valence-electron chi connectivity index (χ4n) is 1.47. The molecule has 84 valence electrons. The normalized spacial score (nSPS) is 10.6. The van der Waals surface area contributed by atoms with Crippen molar-refractivity contribution in [3.05, 3.63) is 52.5 Å². The Hall–Kier alpha value is -1.88. The zero-order chi connectivity index (χ0) is 11.4. The van der Waals surface area contributed by atoms with Crippen molar-refractivity contribution in [1.82, 2.24) is 19.9 Å². The van der Waals surface area contributed by atoms with Crippen LogP contribution in [0.2, 0.25) is 0 Å². The molecule has 0 aliphatic heterocycles. The Bertz CT molecular complexity index is 500. The first kappa shape index (κ1) is 10.6. The number of hydrogen-bond acceptors (Lipinski definition) is 3. The lowest BCUT2D eigenvalue weighted by Crippen LogP contribution is -2.19. The van der Waals surface area contributed by atoms with Crippen molar-refractivity contribution in [2.75, 3.05) is 0 Å². The largest absolute Gasteiger partial charge is 0.325 e. The standard InChI is InChI=1S/C11H14N4O/c1-15-10(8-14-11(15)16)7-13-6-9-2-4-12-5-3-9/h2-5,8,13H,6-7H2,1H3,(H,14,16). The van der Waals surface area contributed by atoms with Gasteiger partial charge in [0.05, 0.1) is 5.69 Å². The van der Waals surface area contributed by atoms with Crippen LogP contribution in [-0.4, -0.2) is 14.5 Å². The van der Waals surface area contributed by atoms with Gasteiger partial charge in [-0.2, -0.15) is 0 Å². The first-order valence-electron chi connectivity index (χ1n) is 5.10. The topological polar surface area (TPSA) is 62.7 Å². The number of H-pyrrole nitrogens is 1. The van der Waals surface area contributed by atoms with Gasteiger partial charge in [-0.15, -0.1) is 0 Å². The van der Waals surface area contributed by atoms with E-state index in [4.69, 9.17) is 0 Å². The highest BCUT2D eigenvalue weighted by molar-refractivity contribution is 5.09. The average Bonchev–Trinajstić information content (AvgIpc) is 2.62. The first-order chi connectivity index (χ1) is 7.77. The highest BCUT2D eigenvalue weighted by Gasteiger charge is 2.00. The minimum atomic E-state index is -0.0827. The van der Waals surface area contributed by atoms with Gasteiger partial charge in [-0.05, 0) is 17.7 Å². The molecule has 0 saturated carbocycles. The summed E-state index contributed by atoms with van der Waals surface area (Å²) in [6.45, 7) is 1.43. The summed E-state index contributed by atoms with van der Waals surface area (Å²) in [5.41, 5.74) is 2.04. The van der Waals surface area contributed by atoms with Crippen LogP contribution in [-0.2, 0) is 20.1 Å². The second kappa shape index (κ2) is 4.76. The van der Waals surface area contributed by atoms with E-state index < -0.39 is 0 Å². The average molecular weight is 218 g/mol. The molecule has 5 heteroatoms.